The predicted molar refractivity (Wildman–Crippen MR) is 62.1 cm³/mol. The van der Waals surface area contributed by atoms with Gasteiger partial charge in [0.05, 0.1) is 6.61 Å². The fraction of sp³-hybridized carbons (Fsp3) is 0.917. The topological polar surface area (TPSA) is 61.5 Å². The van der Waals surface area contributed by atoms with E-state index in [9.17, 15) is 4.79 Å². The molecule has 1 aliphatic rings. The Morgan fingerprint density at radius 3 is 2.56 bits per heavy atom. The van der Waals surface area contributed by atoms with Crippen molar-refractivity contribution in [3.05, 3.63) is 0 Å². The van der Waals surface area contributed by atoms with Crippen LogP contribution in [0.5, 0.6) is 0 Å². The molecule has 0 aliphatic heterocycles. The van der Waals surface area contributed by atoms with Crippen LogP contribution >= 0.6 is 0 Å². The molecule has 0 aromatic carbocycles. The fourth-order valence-corrected chi connectivity index (χ4v) is 1.90. The summed E-state index contributed by atoms with van der Waals surface area (Å²) in [6.07, 6.45) is 5.72. The summed E-state index contributed by atoms with van der Waals surface area (Å²) < 4.78 is 10.4. The first-order valence-corrected chi connectivity index (χ1v) is 6.23. The molecule has 4 heteroatoms. The largest absolute Gasteiger partial charge is 0.462 e. The lowest BCUT2D eigenvalue weighted by atomic mass is 10.00. The van der Waals surface area contributed by atoms with E-state index < -0.39 is 5.54 Å². The van der Waals surface area contributed by atoms with Gasteiger partial charge in [0, 0.05) is 6.61 Å². The fourth-order valence-electron chi connectivity index (χ4n) is 1.90. The van der Waals surface area contributed by atoms with E-state index in [1.165, 1.54) is 0 Å². The lowest BCUT2D eigenvalue weighted by Crippen LogP contribution is -2.46. The van der Waals surface area contributed by atoms with E-state index in [-0.39, 0.29) is 5.97 Å². The third-order valence-corrected chi connectivity index (χ3v) is 3.01. The summed E-state index contributed by atoms with van der Waals surface area (Å²) in [7, 11) is 0. The van der Waals surface area contributed by atoms with Crippen molar-refractivity contribution in [2.75, 3.05) is 19.8 Å². The minimum Gasteiger partial charge on any atom is -0.462 e. The molecule has 0 heterocycles. The van der Waals surface area contributed by atoms with Crippen molar-refractivity contribution in [1.29, 1.82) is 0 Å². The molecule has 0 atom stereocenters. The highest BCUT2D eigenvalue weighted by Gasteiger charge is 2.38. The van der Waals surface area contributed by atoms with Crippen LogP contribution in [0.2, 0.25) is 0 Å². The van der Waals surface area contributed by atoms with Crippen LogP contribution < -0.4 is 5.73 Å². The predicted octanol–water partition coefficient (Wildman–Crippen LogP) is 1.62. The first kappa shape index (κ1) is 13.5. The van der Waals surface area contributed by atoms with E-state index in [0.717, 1.165) is 45.1 Å². The molecular weight excluding hydrogens is 206 g/mol. The Hall–Kier alpha value is -0.610. The Morgan fingerprint density at radius 2 is 1.94 bits per heavy atom. The average Bonchev–Trinajstić information content (AvgIpc) is 2.71. The molecule has 16 heavy (non-hydrogen) atoms. The van der Waals surface area contributed by atoms with Crippen LogP contribution in [0.25, 0.3) is 0 Å². The molecule has 0 aromatic heterocycles. The van der Waals surface area contributed by atoms with Gasteiger partial charge in [0.15, 0.2) is 0 Å². The summed E-state index contributed by atoms with van der Waals surface area (Å²) in [6.45, 7) is 3.65. The van der Waals surface area contributed by atoms with Crippen LogP contribution in [0.3, 0.4) is 0 Å². The van der Waals surface area contributed by atoms with Gasteiger partial charge < -0.3 is 15.2 Å². The van der Waals surface area contributed by atoms with Gasteiger partial charge in [-0.2, -0.15) is 0 Å². The SMILES string of the molecule is CCCCOCCOC(=O)C1(N)CCCC1. The molecule has 1 fully saturated rings. The zero-order valence-electron chi connectivity index (χ0n) is 10.2. The number of carbonyl (C=O) groups excluding carboxylic acids is 1. The van der Waals surface area contributed by atoms with Crippen molar-refractivity contribution < 1.29 is 14.3 Å². The first-order chi connectivity index (χ1) is 7.69. The molecule has 0 amide bonds. The minimum atomic E-state index is -0.719. The summed E-state index contributed by atoms with van der Waals surface area (Å²) in [4.78, 5) is 11.7. The smallest absolute Gasteiger partial charge is 0.326 e. The number of ether oxygens (including phenoxy) is 2. The monoisotopic (exact) mass is 229 g/mol. The standard InChI is InChI=1S/C12H23NO3/c1-2-3-8-15-9-10-16-11(14)12(13)6-4-5-7-12/h2-10,13H2,1H3. The van der Waals surface area contributed by atoms with Crippen LogP contribution in [0, 0.1) is 0 Å². The Balaban J connectivity index is 2.06. The number of hydrogen-bond acceptors (Lipinski definition) is 4. The molecular formula is C12H23NO3. The Bertz CT molecular complexity index is 212. The van der Waals surface area contributed by atoms with Crippen LogP contribution in [0.1, 0.15) is 45.4 Å². The van der Waals surface area contributed by atoms with E-state index in [0.29, 0.717) is 13.2 Å². The second-order valence-electron chi connectivity index (χ2n) is 4.47. The molecule has 0 unspecified atom stereocenters. The molecule has 4 nitrogen and oxygen atoms in total. The first-order valence-electron chi connectivity index (χ1n) is 6.23. The summed E-state index contributed by atoms with van der Waals surface area (Å²) in [5, 5.41) is 0. The quantitative estimate of drug-likeness (QED) is 0.532. The maximum absolute atomic E-state index is 11.7. The van der Waals surface area contributed by atoms with Gasteiger partial charge in [-0.3, -0.25) is 4.79 Å². The molecule has 1 saturated carbocycles. The molecule has 2 N–H and O–H groups in total. The molecule has 94 valence electrons. The Kier molecular flexibility index (Phi) is 5.77. The van der Waals surface area contributed by atoms with Gasteiger partial charge in [-0.05, 0) is 19.3 Å². The van der Waals surface area contributed by atoms with Gasteiger partial charge in [-0.25, -0.2) is 0 Å². The minimum absolute atomic E-state index is 0.260. The van der Waals surface area contributed by atoms with Crippen molar-refractivity contribution in [3.63, 3.8) is 0 Å². The third-order valence-electron chi connectivity index (χ3n) is 3.01. The van der Waals surface area contributed by atoms with E-state index >= 15 is 0 Å². The normalized spacial score (nSPS) is 18.6. The highest BCUT2D eigenvalue weighted by molar-refractivity contribution is 5.80. The van der Waals surface area contributed by atoms with Gasteiger partial charge in [-0.15, -0.1) is 0 Å². The van der Waals surface area contributed by atoms with Gasteiger partial charge >= 0.3 is 5.97 Å². The maximum atomic E-state index is 11.7. The average molecular weight is 229 g/mol. The highest BCUT2D eigenvalue weighted by atomic mass is 16.6. The molecule has 0 radical (unpaired) electrons. The van der Waals surface area contributed by atoms with E-state index in [4.69, 9.17) is 15.2 Å². The molecule has 0 saturated heterocycles. The van der Waals surface area contributed by atoms with Crippen LogP contribution in [-0.4, -0.2) is 31.3 Å². The van der Waals surface area contributed by atoms with Crippen LogP contribution in [0.15, 0.2) is 0 Å². The molecule has 0 aromatic rings. The highest BCUT2D eigenvalue weighted by Crippen LogP contribution is 2.28. The molecule has 1 aliphatic carbocycles. The summed E-state index contributed by atoms with van der Waals surface area (Å²) in [5.41, 5.74) is 5.23. The third kappa shape index (κ3) is 4.10. The van der Waals surface area contributed by atoms with Gasteiger partial charge in [0.2, 0.25) is 0 Å². The second kappa shape index (κ2) is 6.86. The van der Waals surface area contributed by atoms with Gasteiger partial charge in [-0.1, -0.05) is 26.2 Å². The van der Waals surface area contributed by atoms with Crippen molar-refractivity contribution in [3.8, 4) is 0 Å². The Morgan fingerprint density at radius 1 is 1.25 bits per heavy atom. The summed E-state index contributed by atoms with van der Waals surface area (Å²) in [5.74, 6) is -0.260. The number of esters is 1. The van der Waals surface area contributed by atoms with Gasteiger partial charge in [0.25, 0.3) is 0 Å². The summed E-state index contributed by atoms with van der Waals surface area (Å²) in [6, 6.07) is 0. The number of hydrogen-bond donors (Lipinski definition) is 1. The molecule has 0 spiro atoms. The Labute approximate surface area is 97.5 Å². The van der Waals surface area contributed by atoms with Crippen molar-refractivity contribution >= 4 is 5.97 Å². The zero-order valence-corrected chi connectivity index (χ0v) is 10.2. The number of carbonyl (C=O) groups is 1. The van der Waals surface area contributed by atoms with Crippen LogP contribution in [-0.2, 0) is 14.3 Å². The molecule has 1 rings (SSSR count). The van der Waals surface area contributed by atoms with E-state index in [1.807, 2.05) is 0 Å². The summed E-state index contributed by atoms with van der Waals surface area (Å²) >= 11 is 0. The van der Waals surface area contributed by atoms with Gasteiger partial charge in [0.1, 0.15) is 12.1 Å². The van der Waals surface area contributed by atoms with E-state index in [2.05, 4.69) is 6.92 Å². The lowest BCUT2D eigenvalue weighted by molar-refractivity contribution is -0.151. The van der Waals surface area contributed by atoms with E-state index in [1.54, 1.807) is 0 Å². The van der Waals surface area contributed by atoms with Crippen molar-refractivity contribution in [1.82, 2.24) is 0 Å². The second-order valence-corrected chi connectivity index (χ2v) is 4.47. The number of rotatable bonds is 7. The van der Waals surface area contributed by atoms with Crippen LogP contribution in [0.4, 0.5) is 0 Å². The molecule has 0 bridgehead atoms. The number of unbranched alkanes of at least 4 members (excludes halogenated alkanes) is 1. The maximum Gasteiger partial charge on any atom is 0.326 e. The zero-order chi connectivity index (χ0) is 11.9. The lowest BCUT2D eigenvalue weighted by Gasteiger charge is -2.20. The van der Waals surface area contributed by atoms with Crippen molar-refractivity contribution in [2.45, 2.75) is 51.0 Å². The number of nitrogens with two attached hydrogens (primary N) is 1. The van der Waals surface area contributed by atoms with Crippen molar-refractivity contribution in [2.24, 2.45) is 5.73 Å².